The highest BCUT2D eigenvalue weighted by molar-refractivity contribution is 5.94. The second-order valence-corrected chi connectivity index (χ2v) is 5.39. The minimum atomic E-state index is -1.13. The summed E-state index contributed by atoms with van der Waals surface area (Å²) in [5.74, 6) is -2.73. The zero-order chi connectivity index (χ0) is 17.7. The summed E-state index contributed by atoms with van der Waals surface area (Å²) < 4.78 is 19.2. The van der Waals surface area contributed by atoms with Gasteiger partial charge in [0.05, 0.1) is 24.5 Å². The lowest BCUT2D eigenvalue weighted by molar-refractivity contribution is -0.145. The number of carbonyl (C=O) groups excluding carboxylic acids is 2. The van der Waals surface area contributed by atoms with Gasteiger partial charge in [0.2, 0.25) is 5.91 Å². The molecule has 0 bridgehead atoms. The Balaban J connectivity index is 2.03. The number of carbonyl (C=O) groups is 3. The number of aliphatic carboxylic acids is 1. The maximum Gasteiger partial charge on any atom is 0.323 e. The van der Waals surface area contributed by atoms with Crippen LogP contribution in [0.1, 0.15) is 17.3 Å². The van der Waals surface area contributed by atoms with E-state index in [1.54, 1.807) is 0 Å². The quantitative estimate of drug-likeness (QED) is 0.810. The first-order valence-corrected chi connectivity index (χ1v) is 7.36. The minimum absolute atomic E-state index is 0.0459. The number of hydrogen-bond donors (Lipinski definition) is 1. The van der Waals surface area contributed by atoms with Crippen molar-refractivity contribution in [3.63, 3.8) is 0 Å². The van der Waals surface area contributed by atoms with Crippen LogP contribution >= 0.6 is 0 Å². The summed E-state index contributed by atoms with van der Waals surface area (Å²) in [5.41, 5.74) is -0.0837. The van der Waals surface area contributed by atoms with Gasteiger partial charge in [-0.25, -0.2) is 4.39 Å². The van der Waals surface area contributed by atoms with Crippen molar-refractivity contribution in [2.45, 2.75) is 13.0 Å². The molecule has 1 saturated heterocycles. The third kappa shape index (κ3) is 4.48. The Kier molecular flexibility index (Phi) is 5.80. The number of nitrogens with zero attached hydrogens (tertiary/aromatic N) is 3. The molecule has 1 aliphatic heterocycles. The van der Waals surface area contributed by atoms with E-state index in [4.69, 9.17) is 9.84 Å². The molecule has 2 amide bonds. The van der Waals surface area contributed by atoms with E-state index < -0.39 is 36.2 Å². The zero-order valence-corrected chi connectivity index (χ0v) is 13.1. The summed E-state index contributed by atoms with van der Waals surface area (Å²) in [6.07, 6.45) is 1.77. The SMILES string of the molecule is CC(=O)N(CC(=O)O)CC1CN(C(=O)c2ccncc2F)CCO1. The minimum Gasteiger partial charge on any atom is -0.480 e. The standard InChI is InChI=1S/C15H18FN3O5/c1-10(20)19(9-14(21)22)8-11-7-18(4-5-24-11)15(23)12-2-3-17-6-13(12)16/h2-3,6,11H,4-5,7-9H2,1H3,(H,21,22). The Bertz CT molecular complexity index is 639. The Labute approximate surface area is 137 Å². The van der Waals surface area contributed by atoms with E-state index in [0.717, 1.165) is 11.1 Å². The first kappa shape index (κ1) is 17.8. The van der Waals surface area contributed by atoms with Crippen LogP contribution in [-0.4, -0.2) is 76.6 Å². The third-order valence-corrected chi connectivity index (χ3v) is 3.62. The molecular formula is C15H18FN3O5. The maximum atomic E-state index is 13.7. The molecule has 2 rings (SSSR count). The topological polar surface area (TPSA) is 100 Å². The van der Waals surface area contributed by atoms with Gasteiger partial charge in [0.1, 0.15) is 6.54 Å². The molecule has 0 aromatic carbocycles. The first-order valence-electron chi connectivity index (χ1n) is 7.36. The fraction of sp³-hybridized carbons (Fsp3) is 0.467. The summed E-state index contributed by atoms with van der Waals surface area (Å²) in [7, 11) is 0. The average Bonchev–Trinajstić information content (AvgIpc) is 2.54. The normalized spacial score (nSPS) is 17.4. The second-order valence-electron chi connectivity index (χ2n) is 5.39. The van der Waals surface area contributed by atoms with Gasteiger partial charge in [-0.3, -0.25) is 19.4 Å². The number of halogens is 1. The first-order chi connectivity index (χ1) is 11.4. The van der Waals surface area contributed by atoms with Gasteiger partial charge < -0.3 is 19.6 Å². The van der Waals surface area contributed by atoms with Crippen LogP contribution in [0.4, 0.5) is 4.39 Å². The summed E-state index contributed by atoms with van der Waals surface area (Å²) in [6.45, 7) is 1.52. The number of amides is 2. The molecule has 0 radical (unpaired) electrons. The van der Waals surface area contributed by atoms with Crippen LogP contribution in [0.15, 0.2) is 18.5 Å². The molecule has 2 heterocycles. The Morgan fingerprint density at radius 3 is 2.88 bits per heavy atom. The lowest BCUT2D eigenvalue weighted by Gasteiger charge is -2.35. The molecule has 0 spiro atoms. The number of ether oxygens (including phenoxy) is 1. The van der Waals surface area contributed by atoms with Crippen molar-refractivity contribution in [1.82, 2.24) is 14.8 Å². The Hall–Kier alpha value is -2.55. The van der Waals surface area contributed by atoms with Gasteiger partial charge in [0.25, 0.3) is 5.91 Å². The molecule has 1 N–H and O–H groups in total. The lowest BCUT2D eigenvalue weighted by atomic mass is 10.2. The fourth-order valence-electron chi connectivity index (χ4n) is 2.45. The van der Waals surface area contributed by atoms with E-state index in [1.165, 1.54) is 24.1 Å². The molecule has 130 valence electrons. The Morgan fingerprint density at radius 2 is 2.25 bits per heavy atom. The number of aromatic nitrogens is 1. The largest absolute Gasteiger partial charge is 0.480 e. The predicted molar refractivity (Wildman–Crippen MR) is 79.7 cm³/mol. The third-order valence-electron chi connectivity index (χ3n) is 3.62. The molecule has 1 atom stereocenters. The summed E-state index contributed by atoms with van der Waals surface area (Å²) >= 11 is 0. The number of morpholine rings is 1. The molecule has 1 fully saturated rings. The van der Waals surface area contributed by atoms with E-state index in [9.17, 15) is 18.8 Å². The van der Waals surface area contributed by atoms with Crippen molar-refractivity contribution in [3.8, 4) is 0 Å². The van der Waals surface area contributed by atoms with Crippen molar-refractivity contribution in [1.29, 1.82) is 0 Å². The molecule has 0 saturated carbocycles. The Morgan fingerprint density at radius 1 is 1.50 bits per heavy atom. The predicted octanol–water partition coefficient (Wildman–Crippen LogP) is -0.00520. The van der Waals surface area contributed by atoms with Crippen molar-refractivity contribution in [2.75, 3.05) is 32.8 Å². The molecule has 9 heteroatoms. The fourth-order valence-corrected chi connectivity index (χ4v) is 2.45. The number of carboxylic acids is 1. The highest BCUT2D eigenvalue weighted by atomic mass is 19.1. The van der Waals surface area contributed by atoms with E-state index >= 15 is 0 Å². The highest BCUT2D eigenvalue weighted by Crippen LogP contribution is 2.13. The molecular weight excluding hydrogens is 321 g/mol. The monoisotopic (exact) mass is 339 g/mol. The molecule has 1 aliphatic rings. The van der Waals surface area contributed by atoms with Crippen LogP contribution in [0, 0.1) is 5.82 Å². The van der Waals surface area contributed by atoms with Crippen LogP contribution in [0.25, 0.3) is 0 Å². The van der Waals surface area contributed by atoms with Crippen molar-refractivity contribution < 1.29 is 28.6 Å². The maximum absolute atomic E-state index is 13.7. The number of carboxylic acid groups (broad SMARTS) is 1. The molecule has 0 aliphatic carbocycles. The van der Waals surface area contributed by atoms with Gasteiger partial charge in [-0.2, -0.15) is 0 Å². The second kappa shape index (κ2) is 7.82. The van der Waals surface area contributed by atoms with Gasteiger partial charge in [-0.05, 0) is 6.07 Å². The van der Waals surface area contributed by atoms with Crippen LogP contribution < -0.4 is 0 Å². The smallest absolute Gasteiger partial charge is 0.323 e. The van der Waals surface area contributed by atoms with Gasteiger partial charge in [0, 0.05) is 32.8 Å². The zero-order valence-electron chi connectivity index (χ0n) is 13.1. The molecule has 24 heavy (non-hydrogen) atoms. The van der Waals surface area contributed by atoms with Gasteiger partial charge in [-0.1, -0.05) is 0 Å². The summed E-state index contributed by atoms with van der Waals surface area (Å²) in [4.78, 5) is 40.9. The van der Waals surface area contributed by atoms with E-state index in [0.29, 0.717) is 0 Å². The van der Waals surface area contributed by atoms with Crippen LogP contribution in [0.5, 0.6) is 0 Å². The van der Waals surface area contributed by atoms with Gasteiger partial charge in [0.15, 0.2) is 5.82 Å². The summed E-state index contributed by atoms with van der Waals surface area (Å²) in [5, 5.41) is 8.83. The van der Waals surface area contributed by atoms with Crippen molar-refractivity contribution >= 4 is 17.8 Å². The highest BCUT2D eigenvalue weighted by Gasteiger charge is 2.29. The van der Waals surface area contributed by atoms with Crippen LogP contribution in [0.3, 0.4) is 0 Å². The number of hydrogen-bond acceptors (Lipinski definition) is 5. The number of rotatable bonds is 5. The van der Waals surface area contributed by atoms with E-state index in [-0.39, 0.29) is 31.8 Å². The van der Waals surface area contributed by atoms with Crippen molar-refractivity contribution in [3.05, 3.63) is 29.8 Å². The molecule has 1 aromatic rings. The number of pyridine rings is 1. The molecule has 8 nitrogen and oxygen atoms in total. The lowest BCUT2D eigenvalue weighted by Crippen LogP contribution is -2.51. The summed E-state index contributed by atoms with van der Waals surface area (Å²) in [6, 6.07) is 1.30. The van der Waals surface area contributed by atoms with Gasteiger partial charge >= 0.3 is 5.97 Å². The van der Waals surface area contributed by atoms with E-state index in [2.05, 4.69) is 4.98 Å². The van der Waals surface area contributed by atoms with Gasteiger partial charge in [-0.15, -0.1) is 0 Å². The van der Waals surface area contributed by atoms with Crippen LogP contribution in [-0.2, 0) is 14.3 Å². The molecule has 1 aromatic heterocycles. The van der Waals surface area contributed by atoms with E-state index in [1.807, 2.05) is 0 Å². The van der Waals surface area contributed by atoms with Crippen LogP contribution in [0.2, 0.25) is 0 Å². The molecule has 1 unspecified atom stereocenters. The average molecular weight is 339 g/mol. The van der Waals surface area contributed by atoms with Crippen molar-refractivity contribution in [2.24, 2.45) is 0 Å².